The summed E-state index contributed by atoms with van der Waals surface area (Å²) in [4.78, 5) is 12.6. The Hall–Kier alpha value is -1.43. The minimum Gasteiger partial charge on any atom is -0.381 e. The van der Waals surface area contributed by atoms with E-state index in [-0.39, 0.29) is 11.4 Å². The summed E-state index contributed by atoms with van der Waals surface area (Å²) in [5, 5.41) is 6.49. The number of nitrogens with one attached hydrogen (secondary N) is 2. The van der Waals surface area contributed by atoms with Gasteiger partial charge >= 0.3 is 0 Å². The average Bonchev–Trinajstić information content (AvgIpc) is 3.16. The molecule has 1 aromatic rings. The molecule has 2 fully saturated rings. The predicted octanol–water partition coefficient (Wildman–Crippen LogP) is 2.53. The van der Waals surface area contributed by atoms with E-state index >= 15 is 0 Å². The summed E-state index contributed by atoms with van der Waals surface area (Å²) in [7, 11) is 0. The van der Waals surface area contributed by atoms with E-state index in [1.165, 1.54) is 0 Å². The first-order valence-electron chi connectivity index (χ1n) is 9.52. The monoisotopic (exact) mass is 346 g/mol. The zero-order valence-corrected chi connectivity index (χ0v) is 15.2. The number of amides is 1. The third-order valence-electron chi connectivity index (χ3n) is 5.38. The lowest BCUT2D eigenvalue weighted by molar-refractivity contribution is -0.127. The quantitative estimate of drug-likeness (QED) is 0.796. The second-order valence-corrected chi connectivity index (χ2v) is 7.09. The van der Waals surface area contributed by atoms with Crippen molar-refractivity contribution < 1.29 is 14.3 Å². The first-order chi connectivity index (χ1) is 12.2. The molecule has 1 atom stereocenters. The van der Waals surface area contributed by atoms with Crippen LogP contribution in [0.5, 0.6) is 0 Å². The van der Waals surface area contributed by atoms with Gasteiger partial charge in [0.25, 0.3) is 0 Å². The molecule has 0 aliphatic carbocycles. The van der Waals surface area contributed by atoms with Crippen LogP contribution in [0.3, 0.4) is 0 Å². The van der Waals surface area contributed by atoms with Crippen molar-refractivity contribution in [2.24, 2.45) is 0 Å². The maximum absolute atomic E-state index is 12.6. The van der Waals surface area contributed by atoms with Gasteiger partial charge in [-0.05, 0) is 49.8 Å². The maximum atomic E-state index is 12.6. The average molecular weight is 346 g/mol. The van der Waals surface area contributed by atoms with Crippen molar-refractivity contribution in [1.82, 2.24) is 10.6 Å². The number of benzene rings is 1. The molecule has 2 heterocycles. The fourth-order valence-corrected chi connectivity index (χ4v) is 3.70. The van der Waals surface area contributed by atoms with Crippen LogP contribution in [0.1, 0.15) is 50.2 Å². The maximum Gasteiger partial charge on any atom is 0.240 e. The number of carbonyl (C=O) groups is 1. The second-order valence-electron chi connectivity index (χ2n) is 7.09. The lowest BCUT2D eigenvalue weighted by Crippen LogP contribution is -2.52. The number of ether oxygens (including phenoxy) is 2. The van der Waals surface area contributed by atoms with Crippen LogP contribution in [0.4, 0.5) is 0 Å². The van der Waals surface area contributed by atoms with Crippen molar-refractivity contribution in [3.63, 3.8) is 0 Å². The predicted molar refractivity (Wildman–Crippen MR) is 97.2 cm³/mol. The Morgan fingerprint density at radius 3 is 2.88 bits per heavy atom. The van der Waals surface area contributed by atoms with Crippen LogP contribution >= 0.6 is 0 Å². The summed E-state index contributed by atoms with van der Waals surface area (Å²) >= 11 is 0. The van der Waals surface area contributed by atoms with Crippen LogP contribution in [0.15, 0.2) is 24.3 Å². The van der Waals surface area contributed by atoms with Crippen LogP contribution in [-0.4, -0.2) is 37.3 Å². The van der Waals surface area contributed by atoms with Gasteiger partial charge in [0, 0.05) is 19.8 Å². The van der Waals surface area contributed by atoms with Gasteiger partial charge in [0.05, 0.1) is 18.2 Å². The molecule has 0 spiro atoms. The van der Waals surface area contributed by atoms with Crippen molar-refractivity contribution >= 4 is 5.91 Å². The Labute approximate surface area is 150 Å². The first-order valence-corrected chi connectivity index (χ1v) is 9.52. The summed E-state index contributed by atoms with van der Waals surface area (Å²) in [5.41, 5.74) is 1.90. The molecule has 0 unspecified atom stereocenters. The van der Waals surface area contributed by atoms with Gasteiger partial charge in [-0.2, -0.15) is 0 Å². The van der Waals surface area contributed by atoms with Gasteiger partial charge in [-0.3, -0.25) is 4.79 Å². The van der Waals surface area contributed by atoms with E-state index < -0.39 is 0 Å². The number of hydrogen-bond donors (Lipinski definition) is 2. The highest BCUT2D eigenvalue weighted by atomic mass is 16.5. The van der Waals surface area contributed by atoms with Gasteiger partial charge in [-0.1, -0.05) is 31.2 Å². The molecule has 1 amide bonds. The molecule has 25 heavy (non-hydrogen) atoms. The van der Waals surface area contributed by atoms with E-state index in [2.05, 4.69) is 35.8 Å². The number of carbonyl (C=O) groups excluding carboxylic acids is 1. The molecule has 3 rings (SSSR count). The molecule has 2 aliphatic heterocycles. The zero-order valence-electron chi connectivity index (χ0n) is 15.2. The van der Waals surface area contributed by atoms with Crippen molar-refractivity contribution in [3.05, 3.63) is 35.4 Å². The van der Waals surface area contributed by atoms with Crippen LogP contribution < -0.4 is 10.6 Å². The molecule has 0 bridgehead atoms. The van der Waals surface area contributed by atoms with E-state index in [1.807, 2.05) is 6.07 Å². The minimum atomic E-state index is -0.371. The highest BCUT2D eigenvalue weighted by molar-refractivity contribution is 5.86. The van der Waals surface area contributed by atoms with E-state index in [0.717, 1.165) is 63.0 Å². The van der Waals surface area contributed by atoms with Gasteiger partial charge in [-0.25, -0.2) is 0 Å². The van der Waals surface area contributed by atoms with Crippen LogP contribution in [0, 0.1) is 0 Å². The topological polar surface area (TPSA) is 59.6 Å². The Morgan fingerprint density at radius 2 is 2.16 bits per heavy atom. The molecule has 0 radical (unpaired) electrons. The largest absolute Gasteiger partial charge is 0.381 e. The molecule has 2 saturated heterocycles. The zero-order chi connectivity index (χ0) is 17.5. The molecular formula is C20H30N2O3. The van der Waals surface area contributed by atoms with Gasteiger partial charge in [0.15, 0.2) is 0 Å². The summed E-state index contributed by atoms with van der Waals surface area (Å²) < 4.78 is 11.3. The Kier molecular flexibility index (Phi) is 6.45. The highest BCUT2D eigenvalue weighted by Gasteiger charge is 2.38. The van der Waals surface area contributed by atoms with Crippen LogP contribution in [0.25, 0.3) is 0 Å². The van der Waals surface area contributed by atoms with Crippen molar-refractivity contribution in [3.8, 4) is 0 Å². The Bertz CT molecular complexity index is 564. The molecule has 1 aromatic carbocycles. The fourth-order valence-electron chi connectivity index (χ4n) is 3.70. The van der Waals surface area contributed by atoms with E-state index in [4.69, 9.17) is 9.47 Å². The highest BCUT2D eigenvalue weighted by Crippen LogP contribution is 2.23. The van der Waals surface area contributed by atoms with E-state index in [9.17, 15) is 4.79 Å². The lowest BCUT2D eigenvalue weighted by atomic mass is 9.93. The molecular weight excluding hydrogens is 316 g/mol. The van der Waals surface area contributed by atoms with E-state index in [0.29, 0.717) is 19.3 Å². The van der Waals surface area contributed by atoms with Crippen LogP contribution in [0.2, 0.25) is 0 Å². The van der Waals surface area contributed by atoms with Crippen molar-refractivity contribution in [2.45, 2.75) is 63.8 Å². The molecule has 2 N–H and O–H groups in total. The molecule has 0 saturated carbocycles. The molecule has 138 valence electrons. The minimum absolute atomic E-state index is 0.122. The lowest BCUT2D eigenvalue weighted by Gasteiger charge is -2.26. The van der Waals surface area contributed by atoms with Gasteiger partial charge in [0.2, 0.25) is 5.91 Å². The van der Waals surface area contributed by atoms with Gasteiger partial charge < -0.3 is 20.1 Å². The molecule has 2 aliphatic rings. The summed E-state index contributed by atoms with van der Waals surface area (Å²) in [6, 6.07) is 8.30. The third-order valence-corrected chi connectivity index (χ3v) is 5.38. The second kappa shape index (κ2) is 8.79. The first kappa shape index (κ1) is 18.4. The summed E-state index contributed by atoms with van der Waals surface area (Å²) in [5.74, 6) is 0.122. The normalized spacial score (nSPS) is 24.4. The molecule has 5 heteroatoms. The van der Waals surface area contributed by atoms with Gasteiger partial charge in [-0.15, -0.1) is 0 Å². The van der Waals surface area contributed by atoms with E-state index in [1.54, 1.807) is 0 Å². The van der Waals surface area contributed by atoms with Gasteiger partial charge in [0.1, 0.15) is 0 Å². The smallest absolute Gasteiger partial charge is 0.240 e. The standard InChI is InChI=1S/C20H30N2O3/c1-2-20(9-4-10-22-20)19(23)21-14-16-5-3-6-17(13-16)15-25-18-7-11-24-12-8-18/h3,5-6,13,18,22H,2,4,7-12,14-15H2,1H3,(H,21,23)/t20-/m0/s1. The molecule has 0 aromatic heterocycles. The summed E-state index contributed by atoms with van der Waals surface area (Å²) in [6.07, 6.45) is 5.07. The van der Waals surface area contributed by atoms with Crippen LogP contribution in [-0.2, 0) is 27.4 Å². The molecule has 5 nitrogen and oxygen atoms in total. The van der Waals surface area contributed by atoms with Crippen molar-refractivity contribution in [2.75, 3.05) is 19.8 Å². The number of rotatable bonds is 7. The fraction of sp³-hybridized carbons (Fsp3) is 0.650. The van der Waals surface area contributed by atoms with Crippen molar-refractivity contribution in [1.29, 1.82) is 0 Å². The third kappa shape index (κ3) is 4.81. The SMILES string of the molecule is CC[C@@]1(C(=O)NCc2cccc(COC3CCOCC3)c2)CCCN1. The Morgan fingerprint density at radius 1 is 1.36 bits per heavy atom. The summed E-state index contributed by atoms with van der Waals surface area (Å²) in [6.45, 7) is 5.78. The Balaban J connectivity index is 1.50. The number of hydrogen-bond acceptors (Lipinski definition) is 4.